The van der Waals surface area contributed by atoms with Crippen LogP contribution in [0, 0.1) is 5.92 Å². The zero-order chi connectivity index (χ0) is 16.9. The number of ether oxygens (including phenoxy) is 2. The standard InChI is InChI=1S/C18H23NO5/c20-17(19-14-5-3-1-2-4-13(14)18(21)22)11-12-6-7-15-16(10-12)24-9-8-23-15/h6-7,10,13-14H,1-5,8-9,11H2,(H,19,20)(H,21,22)/t13-,14+/m1/s1. The number of rotatable bonds is 4. The molecule has 6 nitrogen and oxygen atoms in total. The number of hydrogen-bond acceptors (Lipinski definition) is 4. The van der Waals surface area contributed by atoms with Gasteiger partial charge in [-0.25, -0.2) is 0 Å². The summed E-state index contributed by atoms with van der Waals surface area (Å²) in [5.74, 6) is -0.104. The SMILES string of the molecule is O=C(Cc1ccc2c(c1)OCCO2)N[C@H]1CCCCC[C@H]1C(=O)O. The monoisotopic (exact) mass is 333 g/mol. The summed E-state index contributed by atoms with van der Waals surface area (Å²) >= 11 is 0. The lowest BCUT2D eigenvalue weighted by molar-refractivity contribution is -0.143. The number of amides is 1. The van der Waals surface area contributed by atoms with Crippen molar-refractivity contribution in [2.24, 2.45) is 5.92 Å². The Balaban J connectivity index is 1.63. The van der Waals surface area contributed by atoms with Gasteiger partial charge < -0.3 is 19.9 Å². The minimum Gasteiger partial charge on any atom is -0.486 e. The molecular formula is C18H23NO5. The maximum atomic E-state index is 12.4. The van der Waals surface area contributed by atoms with Crippen LogP contribution in [-0.2, 0) is 16.0 Å². The van der Waals surface area contributed by atoms with E-state index in [0.717, 1.165) is 31.2 Å². The van der Waals surface area contributed by atoms with Crippen molar-refractivity contribution in [2.75, 3.05) is 13.2 Å². The summed E-state index contributed by atoms with van der Waals surface area (Å²) in [6.07, 6.45) is 4.45. The molecule has 1 aromatic rings. The highest BCUT2D eigenvalue weighted by atomic mass is 16.6. The highest BCUT2D eigenvalue weighted by Crippen LogP contribution is 2.31. The van der Waals surface area contributed by atoms with Gasteiger partial charge in [0.2, 0.25) is 5.91 Å². The number of carbonyl (C=O) groups excluding carboxylic acids is 1. The zero-order valence-corrected chi connectivity index (χ0v) is 13.6. The fourth-order valence-corrected chi connectivity index (χ4v) is 3.42. The Morgan fingerprint density at radius 3 is 2.62 bits per heavy atom. The molecular weight excluding hydrogens is 310 g/mol. The van der Waals surface area contributed by atoms with Gasteiger partial charge in [0.25, 0.3) is 0 Å². The molecule has 0 unspecified atom stereocenters. The van der Waals surface area contributed by atoms with Crippen molar-refractivity contribution in [1.29, 1.82) is 0 Å². The molecule has 0 aromatic heterocycles. The predicted octanol–water partition coefficient (Wildman–Crippen LogP) is 2.15. The molecule has 1 amide bonds. The first kappa shape index (κ1) is 16.6. The van der Waals surface area contributed by atoms with Gasteiger partial charge in [-0.05, 0) is 30.5 Å². The van der Waals surface area contributed by atoms with E-state index in [4.69, 9.17) is 9.47 Å². The topological polar surface area (TPSA) is 84.9 Å². The molecule has 1 saturated carbocycles. The van der Waals surface area contributed by atoms with Crippen LogP contribution in [-0.4, -0.2) is 36.2 Å². The highest BCUT2D eigenvalue weighted by Gasteiger charge is 2.30. The lowest BCUT2D eigenvalue weighted by atomic mass is 9.94. The first-order valence-corrected chi connectivity index (χ1v) is 8.54. The number of hydrogen-bond donors (Lipinski definition) is 2. The van der Waals surface area contributed by atoms with Crippen LogP contribution in [0.3, 0.4) is 0 Å². The van der Waals surface area contributed by atoms with Crippen LogP contribution in [0.2, 0.25) is 0 Å². The molecule has 130 valence electrons. The largest absolute Gasteiger partial charge is 0.486 e. The number of fused-ring (bicyclic) bond motifs is 1. The molecule has 2 atom stereocenters. The third kappa shape index (κ3) is 3.99. The average molecular weight is 333 g/mol. The Kier molecular flexibility index (Phi) is 5.23. The summed E-state index contributed by atoms with van der Waals surface area (Å²) in [7, 11) is 0. The van der Waals surface area contributed by atoms with Crippen LogP contribution in [0.5, 0.6) is 11.5 Å². The Bertz CT molecular complexity index is 615. The van der Waals surface area contributed by atoms with E-state index in [0.29, 0.717) is 31.1 Å². The van der Waals surface area contributed by atoms with Crippen LogP contribution < -0.4 is 14.8 Å². The van der Waals surface area contributed by atoms with Crippen LogP contribution >= 0.6 is 0 Å². The first-order chi connectivity index (χ1) is 11.6. The maximum Gasteiger partial charge on any atom is 0.308 e. The van der Waals surface area contributed by atoms with Gasteiger partial charge in [-0.15, -0.1) is 0 Å². The molecule has 0 bridgehead atoms. The summed E-state index contributed by atoms with van der Waals surface area (Å²) in [4.78, 5) is 23.8. The number of aliphatic carboxylic acids is 1. The number of carbonyl (C=O) groups is 2. The predicted molar refractivity (Wildman–Crippen MR) is 87.3 cm³/mol. The highest BCUT2D eigenvalue weighted by molar-refractivity contribution is 5.80. The normalized spacial score (nSPS) is 23.2. The summed E-state index contributed by atoms with van der Waals surface area (Å²) in [5.41, 5.74) is 0.831. The van der Waals surface area contributed by atoms with Crippen molar-refractivity contribution in [3.63, 3.8) is 0 Å². The van der Waals surface area contributed by atoms with Gasteiger partial charge in [0.05, 0.1) is 12.3 Å². The molecule has 1 aromatic carbocycles. The lowest BCUT2D eigenvalue weighted by Gasteiger charge is -2.23. The lowest BCUT2D eigenvalue weighted by Crippen LogP contribution is -2.43. The van der Waals surface area contributed by atoms with E-state index in [1.54, 1.807) is 0 Å². The van der Waals surface area contributed by atoms with Crippen LogP contribution in [0.1, 0.15) is 37.7 Å². The molecule has 0 spiro atoms. The number of benzene rings is 1. The fraction of sp³-hybridized carbons (Fsp3) is 0.556. The Labute approximate surface area is 141 Å². The summed E-state index contributed by atoms with van der Waals surface area (Å²) in [6.45, 7) is 1.04. The van der Waals surface area contributed by atoms with Gasteiger partial charge in [-0.1, -0.05) is 25.3 Å². The van der Waals surface area contributed by atoms with E-state index in [-0.39, 0.29) is 18.4 Å². The molecule has 6 heteroatoms. The van der Waals surface area contributed by atoms with E-state index >= 15 is 0 Å². The van der Waals surface area contributed by atoms with E-state index in [1.807, 2.05) is 18.2 Å². The van der Waals surface area contributed by atoms with Crippen molar-refractivity contribution >= 4 is 11.9 Å². The van der Waals surface area contributed by atoms with Crippen LogP contribution in [0.4, 0.5) is 0 Å². The molecule has 1 heterocycles. The van der Waals surface area contributed by atoms with Crippen LogP contribution in [0.25, 0.3) is 0 Å². The Morgan fingerprint density at radius 2 is 1.83 bits per heavy atom. The quantitative estimate of drug-likeness (QED) is 0.825. The van der Waals surface area contributed by atoms with Gasteiger partial charge in [-0.2, -0.15) is 0 Å². The number of carboxylic acids is 1. The molecule has 1 aliphatic carbocycles. The van der Waals surface area contributed by atoms with Crippen molar-refractivity contribution in [3.8, 4) is 11.5 Å². The molecule has 24 heavy (non-hydrogen) atoms. The minimum absolute atomic E-state index is 0.148. The summed E-state index contributed by atoms with van der Waals surface area (Å²) < 4.78 is 11.0. The summed E-state index contributed by atoms with van der Waals surface area (Å²) in [6, 6.07) is 5.18. The van der Waals surface area contributed by atoms with Gasteiger partial charge in [0.15, 0.2) is 11.5 Å². The third-order valence-corrected chi connectivity index (χ3v) is 4.65. The fourth-order valence-electron chi connectivity index (χ4n) is 3.42. The number of carboxylic acid groups (broad SMARTS) is 1. The smallest absolute Gasteiger partial charge is 0.308 e. The van der Waals surface area contributed by atoms with Crippen LogP contribution in [0.15, 0.2) is 18.2 Å². The van der Waals surface area contributed by atoms with E-state index in [9.17, 15) is 14.7 Å². The van der Waals surface area contributed by atoms with E-state index in [1.165, 1.54) is 0 Å². The van der Waals surface area contributed by atoms with Gasteiger partial charge >= 0.3 is 5.97 Å². The molecule has 0 saturated heterocycles. The molecule has 2 aliphatic rings. The zero-order valence-electron chi connectivity index (χ0n) is 13.6. The van der Waals surface area contributed by atoms with E-state index in [2.05, 4.69) is 5.32 Å². The first-order valence-electron chi connectivity index (χ1n) is 8.54. The molecule has 1 fully saturated rings. The number of nitrogens with one attached hydrogen (secondary N) is 1. The van der Waals surface area contributed by atoms with E-state index < -0.39 is 11.9 Å². The maximum absolute atomic E-state index is 12.4. The molecule has 2 N–H and O–H groups in total. The van der Waals surface area contributed by atoms with Crippen molar-refractivity contribution in [1.82, 2.24) is 5.32 Å². The average Bonchev–Trinajstić information content (AvgIpc) is 2.80. The second-order valence-corrected chi connectivity index (χ2v) is 6.41. The van der Waals surface area contributed by atoms with Crippen molar-refractivity contribution < 1.29 is 24.2 Å². The molecule has 0 radical (unpaired) electrons. The van der Waals surface area contributed by atoms with Gasteiger partial charge in [-0.3, -0.25) is 9.59 Å². The van der Waals surface area contributed by atoms with Gasteiger partial charge in [0.1, 0.15) is 13.2 Å². The Hall–Kier alpha value is -2.24. The summed E-state index contributed by atoms with van der Waals surface area (Å²) in [5, 5.41) is 12.3. The van der Waals surface area contributed by atoms with Crippen molar-refractivity contribution in [2.45, 2.75) is 44.6 Å². The van der Waals surface area contributed by atoms with Crippen molar-refractivity contribution in [3.05, 3.63) is 23.8 Å². The second-order valence-electron chi connectivity index (χ2n) is 6.41. The Morgan fingerprint density at radius 1 is 1.08 bits per heavy atom. The molecule has 3 rings (SSSR count). The third-order valence-electron chi connectivity index (χ3n) is 4.65. The minimum atomic E-state index is -0.818. The molecule has 1 aliphatic heterocycles. The van der Waals surface area contributed by atoms with Gasteiger partial charge in [0, 0.05) is 6.04 Å². The second kappa shape index (κ2) is 7.55.